The smallest absolute Gasteiger partial charge is 0.217 e. The third kappa shape index (κ3) is 8.41. The Hall–Kier alpha value is -0.570. The monoisotopic (exact) mass is 479 g/mol. The highest BCUT2D eigenvalue weighted by molar-refractivity contribution is 14.0. The number of amides is 1. The van der Waals surface area contributed by atoms with Gasteiger partial charge in [0.05, 0.1) is 0 Å². The first-order chi connectivity index (χ1) is 12.1. The first-order valence-electron chi connectivity index (χ1n) is 10.0. The predicted octanol–water partition coefficient (Wildman–Crippen LogP) is 2.28. The number of nitrogens with two attached hydrogens (primary N) is 1. The van der Waals surface area contributed by atoms with Gasteiger partial charge >= 0.3 is 0 Å². The maximum absolute atomic E-state index is 11.2. The van der Waals surface area contributed by atoms with Crippen LogP contribution in [0.5, 0.6) is 0 Å². The van der Waals surface area contributed by atoms with Gasteiger partial charge in [-0.2, -0.15) is 0 Å². The van der Waals surface area contributed by atoms with Crippen LogP contribution >= 0.6 is 24.0 Å². The summed E-state index contributed by atoms with van der Waals surface area (Å²) in [7, 11) is 1.84. The summed E-state index contributed by atoms with van der Waals surface area (Å²) < 4.78 is 0. The van der Waals surface area contributed by atoms with Crippen molar-refractivity contribution in [3.05, 3.63) is 0 Å². The average molecular weight is 479 g/mol. The van der Waals surface area contributed by atoms with Crippen LogP contribution in [0.15, 0.2) is 4.99 Å². The van der Waals surface area contributed by atoms with Crippen LogP contribution in [0.25, 0.3) is 0 Å². The van der Waals surface area contributed by atoms with Gasteiger partial charge in [0.15, 0.2) is 5.96 Å². The van der Waals surface area contributed by atoms with Crippen LogP contribution in [-0.4, -0.2) is 68.0 Å². The van der Waals surface area contributed by atoms with Crippen LogP contribution in [0.2, 0.25) is 0 Å². The molecular formula is C19H38IN5O. The van der Waals surface area contributed by atoms with E-state index >= 15 is 0 Å². The zero-order valence-electron chi connectivity index (χ0n) is 16.6. The lowest BCUT2D eigenvalue weighted by Crippen LogP contribution is -2.47. The maximum Gasteiger partial charge on any atom is 0.217 e. The molecule has 2 aliphatic rings. The summed E-state index contributed by atoms with van der Waals surface area (Å²) in [5, 5.41) is 3.50. The zero-order chi connectivity index (χ0) is 18.1. The number of hydrogen-bond donors (Lipinski definition) is 2. The van der Waals surface area contributed by atoms with Gasteiger partial charge in [0.1, 0.15) is 0 Å². The summed E-state index contributed by atoms with van der Waals surface area (Å²) in [6.07, 6.45) is 7.80. The maximum atomic E-state index is 11.2. The van der Waals surface area contributed by atoms with Gasteiger partial charge in [0.2, 0.25) is 5.91 Å². The second-order valence-electron chi connectivity index (χ2n) is 7.83. The Morgan fingerprint density at radius 2 is 1.92 bits per heavy atom. The molecule has 26 heavy (non-hydrogen) atoms. The number of likely N-dealkylation sites (tertiary alicyclic amines) is 2. The highest BCUT2D eigenvalue weighted by Crippen LogP contribution is 2.19. The van der Waals surface area contributed by atoms with E-state index in [9.17, 15) is 4.79 Å². The summed E-state index contributed by atoms with van der Waals surface area (Å²) in [5.41, 5.74) is 5.35. The highest BCUT2D eigenvalue weighted by atomic mass is 127. The summed E-state index contributed by atoms with van der Waals surface area (Å²) in [4.78, 5) is 20.5. The van der Waals surface area contributed by atoms with Crippen LogP contribution in [-0.2, 0) is 4.79 Å². The first kappa shape index (κ1) is 23.5. The molecule has 0 aromatic carbocycles. The van der Waals surface area contributed by atoms with E-state index in [-0.39, 0.29) is 29.9 Å². The standard InChI is InChI=1S/C19H37N5O.HI/c1-16-7-12-23(13-8-16)10-4-3-9-22-19(21-2)24-11-5-6-17(15-24)14-18(20)25;/h16-17H,3-15H2,1-2H3,(H2,20,25)(H,21,22);1H. The van der Waals surface area contributed by atoms with Crippen molar-refractivity contribution in [1.29, 1.82) is 0 Å². The van der Waals surface area contributed by atoms with Gasteiger partial charge in [-0.3, -0.25) is 9.79 Å². The number of unbranched alkanes of at least 4 members (excludes halogenated alkanes) is 1. The van der Waals surface area contributed by atoms with Crippen molar-refractivity contribution in [2.45, 2.75) is 51.9 Å². The number of primary amides is 1. The largest absolute Gasteiger partial charge is 0.370 e. The summed E-state index contributed by atoms with van der Waals surface area (Å²) in [6.45, 7) is 8.98. The third-order valence-corrected chi connectivity index (χ3v) is 5.58. The van der Waals surface area contributed by atoms with Crippen LogP contribution in [0.1, 0.15) is 51.9 Å². The number of nitrogens with zero attached hydrogens (tertiary/aromatic N) is 3. The summed E-state index contributed by atoms with van der Waals surface area (Å²) >= 11 is 0. The molecule has 2 heterocycles. The number of halogens is 1. The quantitative estimate of drug-likeness (QED) is 0.254. The summed E-state index contributed by atoms with van der Waals surface area (Å²) in [6, 6.07) is 0. The fourth-order valence-corrected chi connectivity index (χ4v) is 3.99. The van der Waals surface area contributed by atoms with Crippen molar-refractivity contribution < 1.29 is 4.79 Å². The molecule has 152 valence electrons. The Bertz CT molecular complexity index is 438. The number of aliphatic imine (C=N–C) groups is 1. The van der Waals surface area contributed by atoms with E-state index in [2.05, 4.69) is 27.0 Å². The first-order valence-corrected chi connectivity index (χ1v) is 10.0. The number of rotatable bonds is 7. The van der Waals surface area contributed by atoms with E-state index in [0.717, 1.165) is 44.4 Å². The predicted molar refractivity (Wildman–Crippen MR) is 119 cm³/mol. The Morgan fingerprint density at radius 3 is 2.58 bits per heavy atom. The lowest BCUT2D eigenvalue weighted by atomic mass is 9.95. The van der Waals surface area contributed by atoms with E-state index < -0.39 is 0 Å². The molecule has 0 aliphatic carbocycles. The number of carbonyl (C=O) groups excluding carboxylic acids is 1. The molecule has 0 saturated carbocycles. The van der Waals surface area contributed by atoms with Crippen LogP contribution in [0.4, 0.5) is 0 Å². The number of guanidine groups is 1. The number of carbonyl (C=O) groups is 1. The van der Waals surface area contributed by atoms with Crippen molar-refractivity contribution in [3.8, 4) is 0 Å². The molecule has 0 radical (unpaired) electrons. The SMILES string of the molecule is CN=C(NCCCCN1CCC(C)CC1)N1CCCC(CC(N)=O)C1.I. The van der Waals surface area contributed by atoms with Crippen LogP contribution < -0.4 is 11.1 Å². The minimum atomic E-state index is -0.193. The molecule has 3 N–H and O–H groups in total. The molecular weight excluding hydrogens is 441 g/mol. The van der Waals surface area contributed by atoms with Gasteiger partial charge in [0.25, 0.3) is 0 Å². The lowest BCUT2D eigenvalue weighted by Gasteiger charge is -2.34. The molecule has 0 spiro atoms. The Kier molecular flexibility index (Phi) is 11.5. The van der Waals surface area contributed by atoms with Crippen molar-refractivity contribution >= 4 is 35.8 Å². The molecule has 1 atom stereocenters. The molecule has 0 aromatic rings. The fourth-order valence-electron chi connectivity index (χ4n) is 3.99. The van der Waals surface area contributed by atoms with E-state index in [4.69, 9.17) is 5.73 Å². The van der Waals surface area contributed by atoms with Crippen molar-refractivity contribution in [1.82, 2.24) is 15.1 Å². The minimum Gasteiger partial charge on any atom is -0.370 e. The molecule has 0 bridgehead atoms. The molecule has 2 rings (SSSR count). The normalized spacial score (nSPS) is 22.8. The number of hydrogen-bond acceptors (Lipinski definition) is 3. The topological polar surface area (TPSA) is 74.0 Å². The van der Waals surface area contributed by atoms with E-state index in [1.165, 1.54) is 45.3 Å². The molecule has 2 aliphatic heterocycles. The molecule has 7 heteroatoms. The Labute approximate surface area is 176 Å². The average Bonchev–Trinajstić information content (AvgIpc) is 2.59. The van der Waals surface area contributed by atoms with Crippen molar-refractivity contribution in [2.24, 2.45) is 22.6 Å². The second kappa shape index (κ2) is 12.8. The van der Waals surface area contributed by atoms with E-state index in [1.807, 2.05) is 7.05 Å². The van der Waals surface area contributed by atoms with Gasteiger partial charge in [-0.05, 0) is 70.0 Å². The third-order valence-electron chi connectivity index (χ3n) is 5.58. The van der Waals surface area contributed by atoms with E-state index in [1.54, 1.807) is 0 Å². The molecule has 2 saturated heterocycles. The molecule has 2 fully saturated rings. The molecule has 6 nitrogen and oxygen atoms in total. The van der Waals surface area contributed by atoms with E-state index in [0.29, 0.717) is 12.3 Å². The second-order valence-corrected chi connectivity index (χ2v) is 7.83. The lowest BCUT2D eigenvalue weighted by molar-refractivity contribution is -0.119. The van der Waals surface area contributed by atoms with Crippen molar-refractivity contribution in [3.63, 3.8) is 0 Å². The molecule has 1 amide bonds. The number of piperidine rings is 2. The van der Waals surface area contributed by atoms with Gasteiger partial charge in [-0.15, -0.1) is 24.0 Å². The minimum absolute atomic E-state index is 0. The van der Waals surface area contributed by atoms with Crippen molar-refractivity contribution in [2.75, 3.05) is 46.3 Å². The van der Waals surface area contributed by atoms with Gasteiger partial charge < -0.3 is 20.9 Å². The molecule has 0 aromatic heterocycles. The Balaban J connectivity index is 0.00000338. The van der Waals surface area contributed by atoms with Gasteiger partial charge in [-0.25, -0.2) is 0 Å². The van der Waals surface area contributed by atoms with Crippen LogP contribution in [0, 0.1) is 11.8 Å². The molecule has 1 unspecified atom stereocenters. The Morgan fingerprint density at radius 1 is 1.19 bits per heavy atom. The van der Waals surface area contributed by atoms with Gasteiger partial charge in [-0.1, -0.05) is 6.92 Å². The van der Waals surface area contributed by atoms with Crippen LogP contribution in [0.3, 0.4) is 0 Å². The zero-order valence-corrected chi connectivity index (χ0v) is 18.9. The van der Waals surface area contributed by atoms with Gasteiger partial charge in [0, 0.05) is 33.1 Å². The highest BCUT2D eigenvalue weighted by Gasteiger charge is 2.23. The number of nitrogens with one attached hydrogen (secondary N) is 1. The fraction of sp³-hybridized carbons (Fsp3) is 0.895. The summed E-state index contributed by atoms with van der Waals surface area (Å²) in [5.74, 6) is 2.05.